The van der Waals surface area contributed by atoms with Gasteiger partial charge in [0.1, 0.15) is 0 Å². The van der Waals surface area contributed by atoms with Crippen LogP contribution in [0.1, 0.15) is 44.6 Å². The maximum atomic E-state index is 6.54. The molecule has 1 unspecified atom stereocenters. The molecule has 0 aliphatic carbocycles. The van der Waals surface area contributed by atoms with Crippen LogP contribution in [0.25, 0.3) is 0 Å². The summed E-state index contributed by atoms with van der Waals surface area (Å²) in [6.07, 6.45) is 2.41. The molecule has 1 rings (SSSR count). The number of rotatable bonds is 10. The van der Waals surface area contributed by atoms with Crippen LogP contribution >= 0.6 is 11.6 Å². The Bertz CT molecular complexity index is 412. The number of ether oxygens (including phenoxy) is 2. The van der Waals surface area contributed by atoms with Crippen LogP contribution in [0, 0.1) is 0 Å². The van der Waals surface area contributed by atoms with E-state index in [1.165, 1.54) is 12.8 Å². The topological polar surface area (TPSA) is 21.7 Å². The van der Waals surface area contributed by atoms with E-state index in [9.17, 15) is 0 Å². The summed E-state index contributed by atoms with van der Waals surface area (Å²) < 4.78 is 11.2. The highest BCUT2D eigenvalue weighted by molar-refractivity contribution is 6.21. The number of nitrogens with zero attached hydrogens (tertiary/aromatic N) is 1. The summed E-state index contributed by atoms with van der Waals surface area (Å²) in [5.74, 6) is 1.56. The molecule has 1 aromatic rings. The van der Waals surface area contributed by atoms with Crippen LogP contribution in [0.5, 0.6) is 11.5 Å². The lowest BCUT2D eigenvalue weighted by Crippen LogP contribution is -2.23. The minimum absolute atomic E-state index is 0.0401. The first-order chi connectivity index (χ1) is 10.1. The summed E-state index contributed by atoms with van der Waals surface area (Å²) in [6.45, 7) is 9.30. The maximum Gasteiger partial charge on any atom is 0.161 e. The third-order valence-electron chi connectivity index (χ3n) is 3.29. The fourth-order valence-corrected chi connectivity index (χ4v) is 2.53. The van der Waals surface area contributed by atoms with Crippen molar-refractivity contribution in [2.75, 3.05) is 33.4 Å². The van der Waals surface area contributed by atoms with Crippen LogP contribution < -0.4 is 9.47 Å². The van der Waals surface area contributed by atoms with Crippen LogP contribution in [0.2, 0.25) is 0 Å². The van der Waals surface area contributed by atoms with Crippen LogP contribution in [-0.2, 0) is 0 Å². The third-order valence-corrected chi connectivity index (χ3v) is 3.68. The van der Waals surface area contributed by atoms with Gasteiger partial charge in [-0.05, 0) is 51.6 Å². The van der Waals surface area contributed by atoms with Crippen molar-refractivity contribution in [3.05, 3.63) is 23.8 Å². The molecule has 0 spiro atoms. The van der Waals surface area contributed by atoms with E-state index in [0.717, 1.165) is 30.2 Å². The van der Waals surface area contributed by atoms with Crippen molar-refractivity contribution in [2.24, 2.45) is 0 Å². The van der Waals surface area contributed by atoms with E-state index in [4.69, 9.17) is 21.1 Å². The second kappa shape index (κ2) is 9.91. The number of likely N-dealkylation sites (N-methyl/N-ethyl adjacent to an activating group) is 1. The monoisotopic (exact) mass is 313 g/mol. The third kappa shape index (κ3) is 6.15. The van der Waals surface area contributed by atoms with Gasteiger partial charge in [-0.15, -0.1) is 11.6 Å². The highest BCUT2D eigenvalue weighted by Gasteiger charge is 2.14. The molecule has 0 aromatic heterocycles. The summed E-state index contributed by atoms with van der Waals surface area (Å²) in [4.78, 5) is 2.28. The highest BCUT2D eigenvalue weighted by atomic mass is 35.5. The van der Waals surface area contributed by atoms with Crippen LogP contribution in [0.15, 0.2) is 18.2 Å². The number of hydrogen-bond donors (Lipinski definition) is 0. The van der Waals surface area contributed by atoms with Gasteiger partial charge in [-0.1, -0.05) is 19.4 Å². The molecule has 1 aromatic carbocycles. The van der Waals surface area contributed by atoms with Gasteiger partial charge in [-0.3, -0.25) is 0 Å². The standard InChI is InChI=1S/C17H28ClNO2/c1-5-8-11-19(4)13-15(18)14-9-10-16(20-6-2)17(12-14)21-7-3/h9-10,12,15H,5-8,11,13H2,1-4H3. The number of alkyl halides is 1. The lowest BCUT2D eigenvalue weighted by Gasteiger charge is -2.21. The molecule has 0 amide bonds. The second-order valence-electron chi connectivity index (χ2n) is 5.16. The fourth-order valence-electron chi connectivity index (χ4n) is 2.16. The number of halogens is 1. The van der Waals surface area contributed by atoms with Crippen molar-refractivity contribution in [1.82, 2.24) is 4.90 Å². The normalized spacial score (nSPS) is 12.5. The van der Waals surface area contributed by atoms with Crippen molar-refractivity contribution in [3.8, 4) is 11.5 Å². The van der Waals surface area contributed by atoms with Gasteiger partial charge in [0.25, 0.3) is 0 Å². The van der Waals surface area contributed by atoms with Crippen molar-refractivity contribution in [1.29, 1.82) is 0 Å². The molecule has 0 heterocycles. The van der Waals surface area contributed by atoms with Crippen LogP contribution in [-0.4, -0.2) is 38.3 Å². The number of unbranched alkanes of at least 4 members (excludes halogenated alkanes) is 1. The molecular weight excluding hydrogens is 286 g/mol. The highest BCUT2D eigenvalue weighted by Crippen LogP contribution is 2.33. The molecule has 4 heteroatoms. The first kappa shape index (κ1) is 18.1. The van der Waals surface area contributed by atoms with Crippen LogP contribution in [0.4, 0.5) is 0 Å². The predicted octanol–water partition coefficient (Wildman–Crippen LogP) is 4.50. The van der Waals surface area contributed by atoms with E-state index in [-0.39, 0.29) is 5.38 Å². The van der Waals surface area contributed by atoms with Gasteiger partial charge in [0, 0.05) is 6.54 Å². The lowest BCUT2D eigenvalue weighted by molar-refractivity contribution is 0.287. The van der Waals surface area contributed by atoms with Crippen LogP contribution in [0.3, 0.4) is 0 Å². The SMILES string of the molecule is CCCCN(C)CC(Cl)c1ccc(OCC)c(OCC)c1. The van der Waals surface area contributed by atoms with Crippen molar-refractivity contribution in [2.45, 2.75) is 39.0 Å². The Morgan fingerprint density at radius 2 is 1.76 bits per heavy atom. The van der Waals surface area contributed by atoms with E-state index in [1.807, 2.05) is 32.0 Å². The Morgan fingerprint density at radius 3 is 2.38 bits per heavy atom. The number of benzene rings is 1. The van der Waals surface area contributed by atoms with Gasteiger partial charge in [0.05, 0.1) is 18.6 Å². The Kier molecular flexibility index (Phi) is 8.55. The smallest absolute Gasteiger partial charge is 0.161 e. The summed E-state index contributed by atoms with van der Waals surface area (Å²) in [7, 11) is 2.11. The fraction of sp³-hybridized carbons (Fsp3) is 0.647. The molecule has 0 aliphatic rings. The van der Waals surface area contributed by atoms with Gasteiger partial charge >= 0.3 is 0 Å². The van der Waals surface area contributed by atoms with Crippen molar-refractivity contribution < 1.29 is 9.47 Å². The van der Waals surface area contributed by atoms with E-state index < -0.39 is 0 Å². The zero-order chi connectivity index (χ0) is 15.7. The molecule has 0 saturated heterocycles. The quantitative estimate of drug-likeness (QED) is 0.594. The Labute approximate surface area is 134 Å². The Morgan fingerprint density at radius 1 is 1.10 bits per heavy atom. The van der Waals surface area contributed by atoms with Crippen molar-refractivity contribution >= 4 is 11.6 Å². The Balaban J connectivity index is 2.74. The lowest BCUT2D eigenvalue weighted by atomic mass is 10.1. The zero-order valence-corrected chi connectivity index (χ0v) is 14.4. The van der Waals surface area contributed by atoms with Crippen molar-refractivity contribution in [3.63, 3.8) is 0 Å². The van der Waals surface area contributed by atoms with Gasteiger partial charge in [0.2, 0.25) is 0 Å². The summed E-state index contributed by atoms with van der Waals surface area (Å²) in [5.41, 5.74) is 1.08. The molecule has 1 atom stereocenters. The second-order valence-corrected chi connectivity index (χ2v) is 5.68. The molecule has 0 saturated carbocycles. The molecular formula is C17H28ClNO2. The summed E-state index contributed by atoms with van der Waals surface area (Å²) in [6, 6.07) is 5.98. The molecule has 21 heavy (non-hydrogen) atoms. The minimum atomic E-state index is -0.0401. The molecule has 0 N–H and O–H groups in total. The number of hydrogen-bond acceptors (Lipinski definition) is 3. The van der Waals surface area contributed by atoms with E-state index in [1.54, 1.807) is 0 Å². The average molecular weight is 314 g/mol. The average Bonchev–Trinajstić information content (AvgIpc) is 2.47. The first-order valence-corrected chi connectivity index (χ1v) is 8.28. The molecule has 3 nitrogen and oxygen atoms in total. The van der Waals surface area contributed by atoms with E-state index >= 15 is 0 Å². The van der Waals surface area contributed by atoms with E-state index in [2.05, 4.69) is 18.9 Å². The first-order valence-electron chi connectivity index (χ1n) is 7.84. The van der Waals surface area contributed by atoms with Gasteiger partial charge in [0.15, 0.2) is 11.5 Å². The molecule has 120 valence electrons. The predicted molar refractivity (Wildman–Crippen MR) is 89.8 cm³/mol. The molecule has 0 aliphatic heterocycles. The zero-order valence-electron chi connectivity index (χ0n) is 13.7. The summed E-state index contributed by atoms with van der Waals surface area (Å²) in [5, 5.41) is -0.0401. The molecule has 0 fully saturated rings. The maximum absolute atomic E-state index is 6.54. The molecule has 0 bridgehead atoms. The summed E-state index contributed by atoms with van der Waals surface area (Å²) >= 11 is 6.54. The van der Waals surface area contributed by atoms with Gasteiger partial charge in [-0.25, -0.2) is 0 Å². The Hall–Kier alpha value is -0.930. The minimum Gasteiger partial charge on any atom is -0.490 e. The van der Waals surface area contributed by atoms with Gasteiger partial charge in [-0.2, -0.15) is 0 Å². The molecule has 0 radical (unpaired) electrons. The van der Waals surface area contributed by atoms with Gasteiger partial charge < -0.3 is 14.4 Å². The largest absolute Gasteiger partial charge is 0.490 e. The van der Waals surface area contributed by atoms with E-state index in [0.29, 0.717) is 13.2 Å².